The second-order valence-corrected chi connectivity index (χ2v) is 8.26. The van der Waals surface area contributed by atoms with Crippen molar-refractivity contribution in [1.29, 1.82) is 5.26 Å². The van der Waals surface area contributed by atoms with Gasteiger partial charge in [-0.15, -0.1) is 0 Å². The van der Waals surface area contributed by atoms with E-state index >= 15 is 4.39 Å². The van der Waals surface area contributed by atoms with Crippen molar-refractivity contribution in [3.8, 4) is 6.07 Å². The van der Waals surface area contributed by atoms with Gasteiger partial charge in [0.15, 0.2) is 5.67 Å². The third kappa shape index (κ3) is 4.02. The third-order valence-corrected chi connectivity index (χ3v) is 5.89. The highest BCUT2D eigenvalue weighted by molar-refractivity contribution is 5.94. The Morgan fingerprint density at radius 3 is 2.81 bits per heavy atom. The van der Waals surface area contributed by atoms with Crippen molar-refractivity contribution in [2.24, 2.45) is 0 Å². The van der Waals surface area contributed by atoms with Gasteiger partial charge < -0.3 is 15.2 Å². The summed E-state index contributed by atoms with van der Waals surface area (Å²) in [5, 5.41) is 23.2. The number of para-hydroxylation sites is 1. The summed E-state index contributed by atoms with van der Waals surface area (Å²) in [6.07, 6.45) is 0.847. The summed E-state index contributed by atoms with van der Waals surface area (Å²) in [6.45, 7) is 4.24. The Morgan fingerprint density at radius 2 is 2.12 bits per heavy atom. The summed E-state index contributed by atoms with van der Waals surface area (Å²) in [5.74, 6) is -1.02. The summed E-state index contributed by atoms with van der Waals surface area (Å²) >= 11 is 0. The molecule has 1 aliphatic heterocycles. The number of ether oxygens (including phenoxy) is 1. The molecule has 0 radical (unpaired) electrons. The Balaban J connectivity index is 1.83. The Morgan fingerprint density at radius 1 is 1.34 bits per heavy atom. The molecule has 2 atom stereocenters. The zero-order valence-corrected chi connectivity index (χ0v) is 18.0. The summed E-state index contributed by atoms with van der Waals surface area (Å²) in [4.78, 5) is 16.1. The highest BCUT2D eigenvalue weighted by Crippen LogP contribution is 2.39. The van der Waals surface area contributed by atoms with Crippen molar-refractivity contribution in [3.05, 3.63) is 70.4 Å². The number of nitriles is 1. The maximum absolute atomic E-state index is 15.8. The predicted octanol–water partition coefficient (Wildman–Crippen LogP) is 5.26. The molecule has 0 spiro atoms. The zero-order valence-electron chi connectivity index (χ0n) is 18.0. The number of carboxylic acid groups (broad SMARTS) is 1. The highest BCUT2D eigenvalue weighted by atomic mass is 19.1. The number of carbonyl (C=O) groups is 1. The number of hydrogen-bond acceptors (Lipinski definition) is 5. The smallest absolute Gasteiger partial charge is 0.337 e. The van der Waals surface area contributed by atoms with Crippen LogP contribution in [0.25, 0.3) is 10.9 Å². The topological polar surface area (TPSA) is 95.2 Å². The average molecular weight is 433 g/mol. The molecule has 0 bridgehead atoms. The molecule has 32 heavy (non-hydrogen) atoms. The van der Waals surface area contributed by atoms with Crippen molar-refractivity contribution in [1.82, 2.24) is 4.98 Å². The summed E-state index contributed by atoms with van der Waals surface area (Å²) in [7, 11) is 0. The van der Waals surface area contributed by atoms with E-state index in [2.05, 4.69) is 16.4 Å². The van der Waals surface area contributed by atoms with Gasteiger partial charge in [-0.1, -0.05) is 18.2 Å². The number of pyridine rings is 1. The van der Waals surface area contributed by atoms with Crippen LogP contribution in [0.5, 0.6) is 0 Å². The molecule has 1 aromatic heterocycles. The van der Waals surface area contributed by atoms with Crippen molar-refractivity contribution in [2.45, 2.75) is 38.4 Å². The molecule has 1 saturated heterocycles. The number of halogens is 1. The third-order valence-electron chi connectivity index (χ3n) is 5.89. The lowest BCUT2D eigenvalue weighted by molar-refractivity contribution is -0.0350. The van der Waals surface area contributed by atoms with Gasteiger partial charge in [-0.3, -0.25) is 0 Å². The minimum absolute atomic E-state index is 0.0684. The first-order chi connectivity index (χ1) is 15.3. The normalized spacial score (nSPS) is 19.3. The molecule has 0 unspecified atom stereocenters. The van der Waals surface area contributed by atoms with Crippen LogP contribution in [0.15, 0.2) is 42.5 Å². The number of nitrogens with one attached hydrogen (secondary N) is 1. The van der Waals surface area contributed by atoms with Gasteiger partial charge in [0.2, 0.25) is 0 Å². The Hall–Kier alpha value is -3.50. The molecule has 1 fully saturated rings. The van der Waals surface area contributed by atoms with Crippen LogP contribution in [-0.4, -0.2) is 29.3 Å². The number of rotatable bonds is 5. The monoisotopic (exact) mass is 433 g/mol. The first-order valence-corrected chi connectivity index (χ1v) is 10.5. The van der Waals surface area contributed by atoms with Crippen LogP contribution in [0, 0.1) is 18.3 Å². The van der Waals surface area contributed by atoms with Gasteiger partial charge in [0.05, 0.1) is 17.7 Å². The van der Waals surface area contributed by atoms with Crippen LogP contribution < -0.4 is 5.32 Å². The number of anilines is 1. The molecule has 0 amide bonds. The number of hydrogen-bond donors (Lipinski definition) is 2. The second kappa shape index (κ2) is 8.56. The number of carboxylic acids is 1. The number of alkyl halides is 1. The fourth-order valence-corrected chi connectivity index (χ4v) is 4.31. The SMILES string of the molecule is Cc1cc([C@@H](C)Nc2ccccc2C(=O)O)c2cc([C@@]3(F)CCCOC3)c(C#N)nc2c1. The standard InChI is InChI=1S/C25H24FN3O3/c1-15-10-18(16(2)28-21-7-4-3-6-17(21)24(30)31)19-12-20(23(13-27)29-22(19)11-15)25(26)8-5-9-32-14-25/h3-4,6-7,10-12,16,28H,5,8-9,14H2,1-2H3,(H,30,31)/t16-,25-/m1/s1. The van der Waals surface area contributed by atoms with Crippen LogP contribution in [0.1, 0.15) is 58.5 Å². The molecule has 7 heteroatoms. The quantitative estimate of drug-likeness (QED) is 0.570. The second-order valence-electron chi connectivity index (χ2n) is 8.26. The molecule has 2 heterocycles. The van der Waals surface area contributed by atoms with Crippen molar-refractivity contribution < 1.29 is 19.0 Å². The van der Waals surface area contributed by atoms with Crippen LogP contribution >= 0.6 is 0 Å². The lowest BCUT2D eigenvalue weighted by atomic mass is 9.87. The van der Waals surface area contributed by atoms with E-state index in [1.165, 1.54) is 0 Å². The molecular weight excluding hydrogens is 409 g/mol. The Bertz CT molecular complexity index is 1230. The van der Waals surface area contributed by atoms with E-state index in [-0.39, 0.29) is 35.9 Å². The van der Waals surface area contributed by atoms with E-state index in [1.54, 1.807) is 30.3 Å². The largest absolute Gasteiger partial charge is 0.478 e. The van der Waals surface area contributed by atoms with Gasteiger partial charge in [0.25, 0.3) is 0 Å². The van der Waals surface area contributed by atoms with Crippen molar-refractivity contribution in [3.63, 3.8) is 0 Å². The molecule has 2 aromatic carbocycles. The molecule has 3 aromatic rings. The number of aryl methyl sites for hydroxylation is 1. The molecule has 6 nitrogen and oxygen atoms in total. The van der Waals surface area contributed by atoms with Crippen LogP contribution in [0.3, 0.4) is 0 Å². The average Bonchev–Trinajstić information content (AvgIpc) is 2.78. The molecule has 2 N–H and O–H groups in total. The van der Waals surface area contributed by atoms with Crippen molar-refractivity contribution in [2.75, 3.05) is 18.5 Å². The van der Waals surface area contributed by atoms with E-state index < -0.39 is 11.6 Å². The van der Waals surface area contributed by atoms with Crippen LogP contribution in [0.2, 0.25) is 0 Å². The first kappa shape index (κ1) is 21.7. The van der Waals surface area contributed by atoms with E-state index in [1.807, 2.05) is 26.0 Å². The lowest BCUT2D eigenvalue weighted by Gasteiger charge is -2.30. The van der Waals surface area contributed by atoms with E-state index in [0.717, 1.165) is 16.5 Å². The molecule has 0 saturated carbocycles. The number of nitrogens with zero attached hydrogens (tertiary/aromatic N) is 2. The van der Waals surface area contributed by atoms with E-state index in [0.29, 0.717) is 24.2 Å². The number of fused-ring (bicyclic) bond motifs is 1. The lowest BCUT2D eigenvalue weighted by Crippen LogP contribution is -2.32. The predicted molar refractivity (Wildman–Crippen MR) is 119 cm³/mol. The maximum Gasteiger partial charge on any atom is 0.337 e. The fourth-order valence-electron chi connectivity index (χ4n) is 4.31. The molecule has 0 aliphatic carbocycles. The zero-order chi connectivity index (χ0) is 22.9. The van der Waals surface area contributed by atoms with E-state index in [4.69, 9.17) is 4.74 Å². The molecule has 4 rings (SSSR count). The molecule has 1 aliphatic rings. The first-order valence-electron chi connectivity index (χ1n) is 10.5. The van der Waals surface area contributed by atoms with E-state index in [9.17, 15) is 15.2 Å². The van der Waals surface area contributed by atoms with Gasteiger partial charge in [-0.05, 0) is 62.1 Å². The summed E-state index contributed by atoms with van der Waals surface area (Å²) < 4.78 is 21.2. The maximum atomic E-state index is 15.8. The number of aromatic nitrogens is 1. The summed E-state index contributed by atoms with van der Waals surface area (Å²) in [6, 6.07) is 14.0. The summed E-state index contributed by atoms with van der Waals surface area (Å²) in [5.41, 5.74) is 1.59. The van der Waals surface area contributed by atoms with Crippen molar-refractivity contribution >= 4 is 22.6 Å². The number of benzene rings is 2. The van der Waals surface area contributed by atoms with Gasteiger partial charge in [0.1, 0.15) is 11.8 Å². The number of aromatic carboxylic acids is 1. The molecular formula is C25H24FN3O3. The minimum atomic E-state index is -1.76. The van der Waals surface area contributed by atoms with Gasteiger partial charge in [-0.2, -0.15) is 5.26 Å². The molecule has 164 valence electrons. The minimum Gasteiger partial charge on any atom is -0.478 e. The van der Waals surface area contributed by atoms with Gasteiger partial charge >= 0.3 is 5.97 Å². The highest BCUT2D eigenvalue weighted by Gasteiger charge is 2.38. The van der Waals surface area contributed by atoms with Gasteiger partial charge in [0, 0.05) is 29.3 Å². The van der Waals surface area contributed by atoms with Crippen LogP contribution in [-0.2, 0) is 10.4 Å². The fraction of sp³-hybridized carbons (Fsp3) is 0.320. The Labute approximate surface area is 185 Å². The van der Waals surface area contributed by atoms with Crippen LogP contribution in [0.4, 0.5) is 10.1 Å². The van der Waals surface area contributed by atoms with Gasteiger partial charge in [-0.25, -0.2) is 14.2 Å². The Kier molecular flexibility index (Phi) is 5.81.